The number of hydrogen-bond donors (Lipinski definition) is 1. The van der Waals surface area contributed by atoms with Crippen LogP contribution in [0.5, 0.6) is 5.75 Å². The van der Waals surface area contributed by atoms with Crippen LogP contribution in [-0.4, -0.2) is 24.4 Å². The smallest absolute Gasteiger partial charge is 0.184 e. The summed E-state index contributed by atoms with van der Waals surface area (Å²) in [6.07, 6.45) is 0. The summed E-state index contributed by atoms with van der Waals surface area (Å²) >= 11 is 13.3. The molecule has 0 aliphatic carbocycles. The van der Waals surface area contributed by atoms with Crippen molar-refractivity contribution in [3.8, 4) is 5.75 Å². The van der Waals surface area contributed by atoms with Gasteiger partial charge in [0, 0.05) is 5.56 Å². The molecule has 2 aromatic carbocycles. The number of ketones is 1. The molecule has 0 unspecified atom stereocenters. The topological polar surface area (TPSA) is 51.2 Å². The lowest BCUT2D eigenvalue weighted by Gasteiger charge is -2.03. The summed E-state index contributed by atoms with van der Waals surface area (Å²) in [4.78, 5) is 16.7. The number of nitrogens with one attached hydrogen (secondary N) is 1. The van der Waals surface area contributed by atoms with E-state index in [1.807, 2.05) is 18.2 Å². The maximum atomic E-state index is 12.2. The fourth-order valence-corrected chi connectivity index (χ4v) is 3.27. The Labute approximate surface area is 163 Å². The summed E-state index contributed by atoms with van der Waals surface area (Å²) in [7, 11) is 1.61. The zero-order valence-electron chi connectivity index (χ0n) is 12.5. The van der Waals surface area contributed by atoms with Gasteiger partial charge in [0.25, 0.3) is 0 Å². The van der Waals surface area contributed by atoms with Gasteiger partial charge in [-0.3, -0.25) is 4.79 Å². The van der Waals surface area contributed by atoms with Crippen molar-refractivity contribution in [2.75, 3.05) is 19.0 Å². The number of ether oxygens (including phenoxy) is 1. The van der Waals surface area contributed by atoms with Gasteiger partial charge in [0.05, 0.1) is 28.4 Å². The summed E-state index contributed by atoms with van der Waals surface area (Å²) < 4.78 is 6.28. The maximum absolute atomic E-state index is 12.2. The third kappa shape index (κ3) is 4.00. The second kappa shape index (κ2) is 8.16. The molecule has 3 aromatic rings. The number of para-hydroxylation sites is 1. The van der Waals surface area contributed by atoms with Crippen LogP contribution < -0.4 is 10.1 Å². The third-order valence-electron chi connectivity index (χ3n) is 3.24. The van der Waals surface area contributed by atoms with Crippen LogP contribution in [0.15, 0.2) is 36.4 Å². The van der Waals surface area contributed by atoms with E-state index in [9.17, 15) is 4.79 Å². The van der Waals surface area contributed by atoms with E-state index in [2.05, 4.69) is 10.3 Å². The quantitative estimate of drug-likeness (QED) is 0.525. The van der Waals surface area contributed by atoms with E-state index in [0.29, 0.717) is 26.5 Å². The van der Waals surface area contributed by atoms with E-state index in [1.54, 1.807) is 25.3 Å². The van der Waals surface area contributed by atoms with Crippen molar-refractivity contribution >= 4 is 72.7 Å². The molecular weight excluding hydrogens is 435 g/mol. The molecule has 3 rings (SSSR count). The molecule has 0 radical (unpaired) electrons. The predicted octanol–water partition coefficient (Wildman–Crippen LogP) is 5.48. The van der Waals surface area contributed by atoms with Gasteiger partial charge in [-0.15, -0.1) is 17.0 Å². The molecule has 0 fully saturated rings. The summed E-state index contributed by atoms with van der Waals surface area (Å²) in [5, 5.41) is 4.50. The molecule has 4 nitrogen and oxygen atoms in total. The number of carbonyl (C=O) groups excluding carboxylic acids is 1. The Bertz CT molecular complexity index is 886. The monoisotopic (exact) mass is 446 g/mol. The van der Waals surface area contributed by atoms with E-state index >= 15 is 0 Å². The molecule has 1 heterocycles. The summed E-state index contributed by atoms with van der Waals surface area (Å²) in [6, 6.07) is 10.5. The molecule has 1 aromatic heterocycles. The van der Waals surface area contributed by atoms with Gasteiger partial charge >= 0.3 is 0 Å². The molecule has 0 bridgehead atoms. The Morgan fingerprint density at radius 3 is 2.75 bits per heavy atom. The van der Waals surface area contributed by atoms with Gasteiger partial charge in [-0.2, -0.15) is 0 Å². The van der Waals surface area contributed by atoms with Crippen LogP contribution in [0.1, 0.15) is 10.4 Å². The number of thiazole rings is 1. The number of anilines is 1. The number of nitrogens with zero attached hydrogens (tertiary/aromatic N) is 1. The van der Waals surface area contributed by atoms with Crippen LogP contribution in [0.4, 0.5) is 5.13 Å². The number of halogens is 3. The normalized spacial score (nSPS) is 10.3. The highest BCUT2D eigenvalue weighted by Crippen LogP contribution is 2.32. The lowest BCUT2D eigenvalue weighted by atomic mass is 10.1. The van der Waals surface area contributed by atoms with Gasteiger partial charge < -0.3 is 10.1 Å². The van der Waals surface area contributed by atoms with Gasteiger partial charge in [0.1, 0.15) is 11.3 Å². The minimum Gasteiger partial charge on any atom is -0.494 e. The number of Topliss-reactive ketones (excluding diaryl/α,β-unsaturated/α-hetero) is 1. The molecule has 0 aliphatic heterocycles. The maximum Gasteiger partial charge on any atom is 0.184 e. The highest BCUT2D eigenvalue weighted by atomic mass is 79.9. The number of fused-ring (bicyclic) bond motifs is 1. The van der Waals surface area contributed by atoms with Gasteiger partial charge in [0.15, 0.2) is 10.9 Å². The van der Waals surface area contributed by atoms with E-state index in [1.165, 1.54) is 11.3 Å². The fraction of sp³-hybridized carbons (Fsp3) is 0.125. The Morgan fingerprint density at radius 2 is 2.04 bits per heavy atom. The van der Waals surface area contributed by atoms with Crippen LogP contribution in [-0.2, 0) is 0 Å². The number of hydrogen-bond acceptors (Lipinski definition) is 5. The van der Waals surface area contributed by atoms with Crippen LogP contribution >= 0.6 is 51.5 Å². The van der Waals surface area contributed by atoms with Gasteiger partial charge in [-0.05, 0) is 30.3 Å². The van der Waals surface area contributed by atoms with Gasteiger partial charge in [0.2, 0.25) is 0 Å². The molecule has 0 saturated heterocycles. The fourth-order valence-electron chi connectivity index (χ4n) is 2.09. The Kier molecular flexibility index (Phi) is 6.46. The SMILES string of the molecule is Br.COc1cccc2sc(NCC(=O)c3ccc(Cl)c(Cl)c3)nc12. The second-order valence-electron chi connectivity index (χ2n) is 4.73. The first-order valence-electron chi connectivity index (χ1n) is 6.74. The summed E-state index contributed by atoms with van der Waals surface area (Å²) in [5.41, 5.74) is 1.29. The van der Waals surface area contributed by atoms with Crippen molar-refractivity contribution in [2.45, 2.75) is 0 Å². The average Bonchev–Trinajstić information content (AvgIpc) is 2.98. The van der Waals surface area contributed by atoms with Crippen molar-refractivity contribution in [3.63, 3.8) is 0 Å². The summed E-state index contributed by atoms with van der Waals surface area (Å²) in [6.45, 7) is 0.125. The number of aromatic nitrogens is 1. The van der Waals surface area contributed by atoms with Crippen LogP contribution in [0.25, 0.3) is 10.2 Å². The van der Waals surface area contributed by atoms with Gasteiger partial charge in [-0.25, -0.2) is 4.98 Å². The molecule has 1 N–H and O–H groups in total. The van der Waals surface area contributed by atoms with E-state index in [-0.39, 0.29) is 29.3 Å². The average molecular weight is 448 g/mol. The zero-order valence-corrected chi connectivity index (χ0v) is 16.5. The highest BCUT2D eigenvalue weighted by Gasteiger charge is 2.11. The lowest BCUT2D eigenvalue weighted by molar-refractivity contribution is 0.101. The molecule has 0 atom stereocenters. The molecule has 24 heavy (non-hydrogen) atoms. The van der Waals surface area contributed by atoms with Gasteiger partial charge in [-0.1, -0.05) is 40.6 Å². The first-order valence-corrected chi connectivity index (χ1v) is 8.31. The van der Waals surface area contributed by atoms with Crippen LogP contribution in [0.2, 0.25) is 10.0 Å². The second-order valence-corrected chi connectivity index (χ2v) is 6.58. The zero-order chi connectivity index (χ0) is 16.4. The number of carbonyl (C=O) groups is 1. The van der Waals surface area contributed by atoms with Crippen molar-refractivity contribution < 1.29 is 9.53 Å². The van der Waals surface area contributed by atoms with E-state index < -0.39 is 0 Å². The molecule has 0 saturated carbocycles. The predicted molar refractivity (Wildman–Crippen MR) is 106 cm³/mol. The largest absolute Gasteiger partial charge is 0.494 e. The number of methoxy groups -OCH3 is 1. The molecule has 0 spiro atoms. The highest BCUT2D eigenvalue weighted by molar-refractivity contribution is 8.93. The Hall–Kier alpha value is -1.34. The van der Waals surface area contributed by atoms with Crippen molar-refractivity contribution in [1.82, 2.24) is 4.98 Å². The molecule has 8 heteroatoms. The molecule has 0 aliphatic rings. The standard InChI is InChI=1S/C16H12Cl2N2O2S.BrH/c1-22-13-3-2-4-14-15(13)20-16(23-14)19-8-12(21)9-5-6-10(17)11(18)7-9;/h2-7H,8H2,1H3,(H,19,20);1H. The van der Waals surface area contributed by atoms with Crippen molar-refractivity contribution in [3.05, 3.63) is 52.0 Å². The van der Waals surface area contributed by atoms with Crippen molar-refractivity contribution in [2.24, 2.45) is 0 Å². The number of benzene rings is 2. The van der Waals surface area contributed by atoms with E-state index in [4.69, 9.17) is 27.9 Å². The first kappa shape index (κ1) is 19.0. The lowest BCUT2D eigenvalue weighted by Crippen LogP contribution is -2.13. The summed E-state index contributed by atoms with van der Waals surface area (Å²) in [5.74, 6) is 0.623. The van der Waals surface area contributed by atoms with Crippen LogP contribution in [0, 0.1) is 0 Å². The minimum absolute atomic E-state index is 0. The third-order valence-corrected chi connectivity index (χ3v) is 4.96. The Morgan fingerprint density at radius 1 is 1.25 bits per heavy atom. The Balaban J connectivity index is 0.00000208. The molecular formula is C16H13BrCl2N2O2S. The van der Waals surface area contributed by atoms with Crippen LogP contribution in [0.3, 0.4) is 0 Å². The molecule has 126 valence electrons. The van der Waals surface area contributed by atoms with Crippen molar-refractivity contribution in [1.29, 1.82) is 0 Å². The molecule has 0 amide bonds. The number of rotatable bonds is 5. The first-order chi connectivity index (χ1) is 11.1. The van der Waals surface area contributed by atoms with E-state index in [0.717, 1.165) is 10.2 Å². The minimum atomic E-state index is -0.0882.